The number of methoxy groups -OCH3 is 2. The van der Waals surface area contributed by atoms with Crippen molar-refractivity contribution >= 4 is 22.6 Å². The molecule has 0 saturated heterocycles. The molecule has 10 heteroatoms. The van der Waals surface area contributed by atoms with Crippen LogP contribution in [-0.4, -0.2) is 60.7 Å². The number of pyridine rings is 1. The lowest BCUT2D eigenvalue weighted by molar-refractivity contribution is 0.0902. The van der Waals surface area contributed by atoms with E-state index < -0.39 is 17.5 Å². The van der Waals surface area contributed by atoms with E-state index in [1.807, 2.05) is 0 Å². The first-order chi connectivity index (χ1) is 17.9. The van der Waals surface area contributed by atoms with E-state index in [9.17, 15) is 14.0 Å². The number of amides is 1. The maximum absolute atomic E-state index is 14.2. The number of hydrogen-bond acceptors (Lipinski definition) is 7. The van der Waals surface area contributed by atoms with Crippen LogP contribution in [0.1, 0.15) is 26.4 Å². The van der Waals surface area contributed by atoms with Gasteiger partial charge in [0.2, 0.25) is 0 Å². The summed E-state index contributed by atoms with van der Waals surface area (Å²) in [6, 6.07) is 10.9. The summed E-state index contributed by atoms with van der Waals surface area (Å²) < 4.78 is 30.4. The van der Waals surface area contributed by atoms with E-state index in [0.717, 1.165) is 0 Å². The van der Waals surface area contributed by atoms with Gasteiger partial charge >= 0.3 is 0 Å². The predicted molar refractivity (Wildman–Crippen MR) is 135 cm³/mol. The lowest BCUT2D eigenvalue weighted by Crippen LogP contribution is -2.30. The van der Waals surface area contributed by atoms with Crippen molar-refractivity contribution in [2.45, 2.75) is 6.92 Å². The van der Waals surface area contributed by atoms with Gasteiger partial charge in [-0.2, -0.15) is 0 Å². The fraction of sp³-hybridized carbons (Fsp3) is 0.222. The molecule has 0 fully saturated rings. The maximum atomic E-state index is 14.2. The number of aromatic nitrogens is 2. The summed E-state index contributed by atoms with van der Waals surface area (Å²) in [5.41, 5.74) is 2.36. The molecule has 2 aromatic heterocycles. The normalized spacial score (nSPS) is 10.8. The second-order valence-electron chi connectivity index (χ2n) is 8.11. The van der Waals surface area contributed by atoms with E-state index in [0.29, 0.717) is 45.0 Å². The fourth-order valence-electron chi connectivity index (χ4n) is 3.99. The monoisotopic (exact) mass is 507 g/mol. The SMILES string of the molecule is COc1cc(C(=O)NCC(=O)c2cc(C)c(OC)c(-c3c[nH]c4c(F)cccc34)n2)ccc1OCCO. The first-order valence-electron chi connectivity index (χ1n) is 11.4. The number of fused-ring (bicyclic) bond motifs is 1. The van der Waals surface area contributed by atoms with Gasteiger partial charge in [0, 0.05) is 22.7 Å². The molecule has 0 bridgehead atoms. The van der Waals surface area contributed by atoms with Crippen molar-refractivity contribution in [2.24, 2.45) is 0 Å². The number of halogens is 1. The number of aliphatic hydroxyl groups is 1. The van der Waals surface area contributed by atoms with Crippen LogP contribution in [-0.2, 0) is 0 Å². The minimum atomic E-state index is -0.488. The van der Waals surface area contributed by atoms with Crippen LogP contribution in [0.15, 0.2) is 48.7 Å². The van der Waals surface area contributed by atoms with Crippen molar-refractivity contribution in [1.82, 2.24) is 15.3 Å². The van der Waals surface area contributed by atoms with Crippen LogP contribution in [0.3, 0.4) is 0 Å². The molecule has 0 unspecified atom stereocenters. The van der Waals surface area contributed by atoms with Crippen molar-refractivity contribution < 1.29 is 33.3 Å². The van der Waals surface area contributed by atoms with Crippen LogP contribution in [0.4, 0.5) is 4.39 Å². The Labute approximate surface area is 212 Å². The smallest absolute Gasteiger partial charge is 0.251 e. The zero-order valence-corrected chi connectivity index (χ0v) is 20.6. The Morgan fingerprint density at radius 3 is 2.65 bits per heavy atom. The standard InChI is InChI=1S/C27H26FN3O6/c1-15-11-20(31-25(26(15)36-3)18-13-29-24-17(18)5-4-6-19(24)28)21(33)14-30-27(34)16-7-8-22(37-10-9-32)23(12-16)35-2/h4-8,11-13,29,32H,9-10,14H2,1-3H3,(H,30,34). The number of carbonyl (C=O) groups is 2. The molecular formula is C27H26FN3O6. The van der Waals surface area contributed by atoms with Gasteiger partial charge < -0.3 is 29.6 Å². The van der Waals surface area contributed by atoms with Gasteiger partial charge in [-0.05, 0) is 42.8 Å². The van der Waals surface area contributed by atoms with Gasteiger partial charge in [-0.25, -0.2) is 9.37 Å². The lowest BCUT2D eigenvalue weighted by atomic mass is 10.0. The number of hydrogen-bond donors (Lipinski definition) is 3. The van der Waals surface area contributed by atoms with E-state index in [2.05, 4.69) is 15.3 Å². The van der Waals surface area contributed by atoms with Crippen molar-refractivity contribution in [3.63, 3.8) is 0 Å². The summed E-state index contributed by atoms with van der Waals surface area (Å²) in [5, 5.41) is 12.1. The molecule has 9 nitrogen and oxygen atoms in total. The zero-order valence-electron chi connectivity index (χ0n) is 20.6. The molecule has 0 aliphatic heterocycles. The van der Waals surface area contributed by atoms with Gasteiger partial charge in [-0.1, -0.05) is 12.1 Å². The van der Waals surface area contributed by atoms with Crippen LogP contribution >= 0.6 is 0 Å². The quantitative estimate of drug-likeness (QED) is 0.280. The molecule has 3 N–H and O–H groups in total. The van der Waals surface area contributed by atoms with Gasteiger partial charge in [-0.3, -0.25) is 9.59 Å². The Bertz CT molecular complexity index is 1470. The van der Waals surface area contributed by atoms with Gasteiger partial charge in [0.05, 0.1) is 32.9 Å². The molecule has 4 rings (SSSR count). The van der Waals surface area contributed by atoms with Crippen LogP contribution in [0, 0.1) is 12.7 Å². The Kier molecular flexibility index (Phi) is 7.69. The fourth-order valence-corrected chi connectivity index (χ4v) is 3.99. The van der Waals surface area contributed by atoms with Crippen LogP contribution in [0.25, 0.3) is 22.2 Å². The number of ketones is 1. The molecule has 2 aromatic carbocycles. The van der Waals surface area contributed by atoms with Crippen molar-refractivity contribution in [1.29, 1.82) is 0 Å². The summed E-state index contributed by atoms with van der Waals surface area (Å²) in [7, 11) is 2.93. The molecule has 0 radical (unpaired) electrons. The number of aliphatic hydroxyl groups excluding tert-OH is 1. The highest BCUT2D eigenvalue weighted by Crippen LogP contribution is 2.36. The summed E-state index contributed by atoms with van der Waals surface area (Å²) in [6.45, 7) is 1.40. The summed E-state index contributed by atoms with van der Waals surface area (Å²) in [4.78, 5) is 33.1. The number of nitrogens with one attached hydrogen (secondary N) is 2. The molecule has 0 atom stereocenters. The molecule has 0 aliphatic carbocycles. The van der Waals surface area contributed by atoms with Gasteiger partial charge in [0.15, 0.2) is 17.3 Å². The number of carbonyl (C=O) groups excluding carboxylic acids is 2. The van der Waals surface area contributed by atoms with E-state index >= 15 is 0 Å². The van der Waals surface area contributed by atoms with Crippen molar-refractivity contribution in [2.75, 3.05) is 34.0 Å². The highest BCUT2D eigenvalue weighted by Gasteiger charge is 2.21. The summed E-state index contributed by atoms with van der Waals surface area (Å²) >= 11 is 0. The average Bonchev–Trinajstić information content (AvgIpc) is 3.35. The third-order valence-corrected chi connectivity index (χ3v) is 5.75. The molecule has 4 aromatic rings. The van der Waals surface area contributed by atoms with E-state index in [-0.39, 0.29) is 31.0 Å². The molecule has 1 amide bonds. The number of aryl methyl sites for hydroxylation is 1. The Balaban J connectivity index is 1.56. The Hall–Kier alpha value is -4.44. The second kappa shape index (κ2) is 11.1. The Morgan fingerprint density at radius 1 is 1.11 bits per heavy atom. The average molecular weight is 508 g/mol. The van der Waals surface area contributed by atoms with Crippen molar-refractivity contribution in [3.8, 4) is 28.5 Å². The lowest BCUT2D eigenvalue weighted by Gasteiger charge is -2.13. The first-order valence-corrected chi connectivity index (χ1v) is 11.4. The molecule has 0 spiro atoms. The number of Topliss-reactive ketones (excluding diaryl/α,β-unsaturated/α-hetero) is 1. The summed E-state index contributed by atoms with van der Waals surface area (Å²) in [5.74, 6) is -0.147. The largest absolute Gasteiger partial charge is 0.494 e. The molecule has 2 heterocycles. The maximum Gasteiger partial charge on any atom is 0.251 e. The van der Waals surface area contributed by atoms with Gasteiger partial charge in [0.1, 0.15) is 29.6 Å². The van der Waals surface area contributed by atoms with Crippen LogP contribution in [0.5, 0.6) is 17.2 Å². The molecule has 0 saturated carbocycles. The third kappa shape index (κ3) is 5.24. The Morgan fingerprint density at radius 2 is 1.92 bits per heavy atom. The number of para-hydroxylation sites is 1. The second-order valence-corrected chi connectivity index (χ2v) is 8.11. The van der Waals surface area contributed by atoms with E-state index in [1.54, 1.807) is 37.4 Å². The summed E-state index contributed by atoms with van der Waals surface area (Å²) in [6.07, 6.45) is 1.62. The topological polar surface area (TPSA) is 123 Å². The van der Waals surface area contributed by atoms with E-state index in [4.69, 9.17) is 19.3 Å². The number of H-pyrrole nitrogens is 1. The number of benzene rings is 2. The molecule has 192 valence electrons. The first kappa shape index (κ1) is 25.6. The number of rotatable bonds is 10. The van der Waals surface area contributed by atoms with Gasteiger partial charge in [0.25, 0.3) is 5.91 Å². The van der Waals surface area contributed by atoms with E-state index in [1.165, 1.54) is 32.4 Å². The van der Waals surface area contributed by atoms with Crippen LogP contribution in [0.2, 0.25) is 0 Å². The van der Waals surface area contributed by atoms with Gasteiger partial charge in [-0.15, -0.1) is 0 Å². The molecule has 0 aliphatic rings. The number of ether oxygens (including phenoxy) is 3. The zero-order chi connectivity index (χ0) is 26.5. The number of nitrogens with zero attached hydrogens (tertiary/aromatic N) is 1. The molecular weight excluding hydrogens is 481 g/mol. The minimum Gasteiger partial charge on any atom is -0.494 e. The van der Waals surface area contributed by atoms with Crippen LogP contribution < -0.4 is 19.5 Å². The number of aromatic amines is 1. The highest BCUT2D eigenvalue weighted by molar-refractivity contribution is 6.03. The highest BCUT2D eigenvalue weighted by atomic mass is 19.1. The minimum absolute atomic E-state index is 0.0835. The van der Waals surface area contributed by atoms with Crippen molar-refractivity contribution in [3.05, 3.63) is 71.3 Å². The predicted octanol–water partition coefficient (Wildman–Crippen LogP) is 3.68. The molecule has 37 heavy (non-hydrogen) atoms. The third-order valence-electron chi connectivity index (χ3n) is 5.75.